The molecule has 2 heterocycles. The number of nitrogens with two attached hydrogens (primary N) is 1. The van der Waals surface area contributed by atoms with E-state index >= 15 is 0 Å². The van der Waals surface area contributed by atoms with Crippen molar-refractivity contribution in [3.63, 3.8) is 0 Å². The van der Waals surface area contributed by atoms with Gasteiger partial charge < -0.3 is 16.0 Å². The monoisotopic (exact) mass is 267 g/mol. The van der Waals surface area contributed by atoms with Crippen LogP contribution < -0.4 is 11.1 Å². The summed E-state index contributed by atoms with van der Waals surface area (Å²) in [6.07, 6.45) is 2.56. The Morgan fingerprint density at radius 3 is 2.72 bits per heavy atom. The van der Waals surface area contributed by atoms with E-state index in [1.807, 2.05) is 11.3 Å². The predicted molar refractivity (Wildman–Crippen MR) is 79.1 cm³/mol. The smallest absolute Gasteiger partial charge is 0.0444 e. The maximum atomic E-state index is 5.62. The second-order valence-electron chi connectivity index (χ2n) is 5.20. The van der Waals surface area contributed by atoms with Crippen molar-refractivity contribution in [2.24, 2.45) is 11.7 Å². The molecule has 1 aliphatic heterocycles. The fourth-order valence-corrected chi connectivity index (χ4v) is 4.11. The Bertz CT molecular complexity index is 356. The average molecular weight is 267 g/mol. The first kappa shape index (κ1) is 14.0. The second-order valence-corrected chi connectivity index (χ2v) is 6.15. The van der Waals surface area contributed by atoms with Crippen LogP contribution in [0.2, 0.25) is 0 Å². The number of thiophene rings is 1. The van der Waals surface area contributed by atoms with Crippen LogP contribution in [0.25, 0.3) is 0 Å². The lowest BCUT2D eigenvalue weighted by Gasteiger charge is -2.35. The van der Waals surface area contributed by atoms with Crippen molar-refractivity contribution < 1.29 is 0 Å². The summed E-state index contributed by atoms with van der Waals surface area (Å²) < 4.78 is 0. The minimum Gasteiger partial charge on any atom is -0.329 e. The van der Waals surface area contributed by atoms with Gasteiger partial charge in [0.25, 0.3) is 0 Å². The molecule has 0 spiro atoms. The highest BCUT2D eigenvalue weighted by molar-refractivity contribution is 7.10. The van der Waals surface area contributed by atoms with Crippen LogP contribution in [0, 0.1) is 12.8 Å². The molecule has 1 aliphatic rings. The van der Waals surface area contributed by atoms with Gasteiger partial charge in [-0.25, -0.2) is 0 Å². The maximum Gasteiger partial charge on any atom is 0.0444 e. The van der Waals surface area contributed by atoms with Crippen molar-refractivity contribution in [2.45, 2.75) is 25.8 Å². The number of nitrogens with one attached hydrogen (secondary N) is 1. The summed E-state index contributed by atoms with van der Waals surface area (Å²) >= 11 is 1.89. The van der Waals surface area contributed by atoms with E-state index in [1.54, 1.807) is 0 Å². The molecule has 3 nitrogen and oxygen atoms in total. The number of likely N-dealkylation sites (tertiary alicyclic amines) is 1. The first-order chi connectivity index (χ1) is 8.76. The van der Waals surface area contributed by atoms with Crippen molar-refractivity contribution >= 4 is 11.3 Å². The maximum absolute atomic E-state index is 5.62. The molecular weight excluding hydrogens is 242 g/mol. The van der Waals surface area contributed by atoms with Crippen LogP contribution in [-0.2, 0) is 0 Å². The molecule has 0 saturated carbocycles. The topological polar surface area (TPSA) is 41.3 Å². The van der Waals surface area contributed by atoms with E-state index < -0.39 is 0 Å². The molecule has 3 N–H and O–H groups in total. The molecule has 1 atom stereocenters. The molecule has 0 radical (unpaired) electrons. The molecule has 2 rings (SSSR count). The zero-order chi connectivity index (χ0) is 13.0. The summed E-state index contributed by atoms with van der Waals surface area (Å²) in [4.78, 5) is 4.01. The third-order valence-corrected chi connectivity index (χ3v) is 5.15. The van der Waals surface area contributed by atoms with Gasteiger partial charge in [0.1, 0.15) is 0 Å². The summed E-state index contributed by atoms with van der Waals surface area (Å²) in [5.74, 6) is 0.765. The molecule has 0 bridgehead atoms. The molecule has 102 valence electrons. The zero-order valence-corrected chi connectivity index (χ0v) is 12.3. The highest BCUT2D eigenvalue weighted by Crippen LogP contribution is 2.34. The van der Waals surface area contributed by atoms with Gasteiger partial charge in [-0.1, -0.05) is 0 Å². The van der Waals surface area contributed by atoms with Crippen molar-refractivity contribution in [1.29, 1.82) is 0 Å². The third-order valence-electron chi connectivity index (χ3n) is 4.04. The number of nitrogens with zero attached hydrogens (tertiary/aromatic N) is 1. The van der Waals surface area contributed by atoms with E-state index in [9.17, 15) is 0 Å². The van der Waals surface area contributed by atoms with Crippen molar-refractivity contribution in [1.82, 2.24) is 10.2 Å². The lowest BCUT2D eigenvalue weighted by atomic mass is 9.87. The lowest BCUT2D eigenvalue weighted by Crippen LogP contribution is -2.40. The van der Waals surface area contributed by atoms with Gasteiger partial charge >= 0.3 is 0 Å². The molecule has 1 aromatic heterocycles. The molecule has 18 heavy (non-hydrogen) atoms. The molecule has 0 amide bonds. The Balaban J connectivity index is 1.97. The van der Waals surface area contributed by atoms with Crippen molar-refractivity contribution in [3.05, 3.63) is 21.9 Å². The predicted octanol–water partition coefficient (Wildman–Crippen LogP) is 1.99. The van der Waals surface area contributed by atoms with Gasteiger partial charge in [0.05, 0.1) is 0 Å². The largest absolute Gasteiger partial charge is 0.329 e. The van der Waals surface area contributed by atoms with E-state index in [-0.39, 0.29) is 0 Å². The minimum atomic E-state index is 0.532. The molecular formula is C14H25N3S. The summed E-state index contributed by atoms with van der Waals surface area (Å²) in [7, 11) is 2.09. The molecule has 4 heteroatoms. The summed E-state index contributed by atoms with van der Waals surface area (Å²) in [5, 5.41) is 5.74. The quantitative estimate of drug-likeness (QED) is 0.857. The fraction of sp³-hybridized carbons (Fsp3) is 0.714. The zero-order valence-electron chi connectivity index (χ0n) is 11.5. The molecule has 0 aliphatic carbocycles. The standard InChI is InChI=1S/C14H25N3S/c1-11-5-10-18-14(11)13(16-2)12-3-7-17(8-4-12)9-6-15/h5,10,12-13,16H,3-4,6-9,15H2,1-2H3. The van der Waals surface area contributed by atoms with Crippen molar-refractivity contribution in [3.8, 4) is 0 Å². The first-order valence-corrected chi connectivity index (χ1v) is 7.78. The van der Waals surface area contributed by atoms with Gasteiger partial charge in [-0.05, 0) is 62.8 Å². The third kappa shape index (κ3) is 3.12. The van der Waals surface area contributed by atoms with Gasteiger partial charge in [0, 0.05) is 24.0 Å². The van der Waals surface area contributed by atoms with E-state index in [4.69, 9.17) is 5.73 Å². The second kappa shape index (κ2) is 6.66. The molecule has 0 aromatic carbocycles. The van der Waals surface area contributed by atoms with Crippen molar-refractivity contribution in [2.75, 3.05) is 33.2 Å². The first-order valence-electron chi connectivity index (χ1n) is 6.90. The minimum absolute atomic E-state index is 0.532. The number of piperidine rings is 1. The summed E-state index contributed by atoms with van der Waals surface area (Å²) in [6.45, 7) is 6.45. The normalized spacial score (nSPS) is 20.2. The van der Waals surface area contributed by atoms with E-state index in [0.29, 0.717) is 6.04 Å². The number of hydrogen-bond acceptors (Lipinski definition) is 4. The summed E-state index contributed by atoms with van der Waals surface area (Å²) in [6, 6.07) is 2.76. The Kier molecular flexibility index (Phi) is 5.18. The Hall–Kier alpha value is -0.420. The van der Waals surface area contributed by atoms with Gasteiger partial charge in [-0.3, -0.25) is 0 Å². The molecule has 1 fully saturated rings. The average Bonchev–Trinajstić information content (AvgIpc) is 2.79. The van der Waals surface area contributed by atoms with Gasteiger partial charge in [-0.2, -0.15) is 0 Å². The molecule has 1 aromatic rings. The molecule has 1 unspecified atom stereocenters. The van der Waals surface area contributed by atoms with Crippen LogP contribution in [0.3, 0.4) is 0 Å². The van der Waals surface area contributed by atoms with Crippen LogP contribution in [0.4, 0.5) is 0 Å². The van der Waals surface area contributed by atoms with Crippen LogP contribution in [0.5, 0.6) is 0 Å². The van der Waals surface area contributed by atoms with Crippen LogP contribution >= 0.6 is 11.3 Å². The SMILES string of the molecule is CNC(c1sccc1C)C1CCN(CCN)CC1. The van der Waals surface area contributed by atoms with Crippen LogP contribution in [0.15, 0.2) is 11.4 Å². The highest BCUT2D eigenvalue weighted by Gasteiger charge is 2.27. The van der Waals surface area contributed by atoms with Gasteiger partial charge in [-0.15, -0.1) is 11.3 Å². The number of aryl methyl sites for hydroxylation is 1. The highest BCUT2D eigenvalue weighted by atomic mass is 32.1. The van der Waals surface area contributed by atoms with Crippen LogP contribution in [0.1, 0.15) is 29.3 Å². The Morgan fingerprint density at radius 1 is 1.50 bits per heavy atom. The van der Waals surface area contributed by atoms with Gasteiger partial charge in [0.2, 0.25) is 0 Å². The van der Waals surface area contributed by atoms with E-state index in [1.165, 1.54) is 36.4 Å². The fourth-order valence-electron chi connectivity index (χ4n) is 2.98. The number of hydrogen-bond donors (Lipinski definition) is 2. The van der Waals surface area contributed by atoms with Gasteiger partial charge in [0.15, 0.2) is 0 Å². The molecule has 1 saturated heterocycles. The Labute approximate surface area is 114 Å². The number of rotatable bonds is 5. The summed E-state index contributed by atoms with van der Waals surface area (Å²) in [5.41, 5.74) is 7.06. The Morgan fingerprint density at radius 2 is 2.22 bits per heavy atom. The lowest BCUT2D eigenvalue weighted by molar-refractivity contribution is 0.165. The van der Waals surface area contributed by atoms with Crippen LogP contribution in [-0.4, -0.2) is 38.1 Å². The van der Waals surface area contributed by atoms with E-state index in [2.05, 4.69) is 35.6 Å². The van der Waals surface area contributed by atoms with E-state index in [0.717, 1.165) is 19.0 Å².